The molecule has 2 aromatic carbocycles. The lowest BCUT2D eigenvalue weighted by Crippen LogP contribution is -2.40. The van der Waals surface area contributed by atoms with E-state index in [1.807, 2.05) is 24.3 Å². The number of carbonyl (C=O) groups is 2. The Balaban J connectivity index is 1.81. The van der Waals surface area contributed by atoms with E-state index in [1.165, 1.54) is 6.07 Å². The van der Waals surface area contributed by atoms with Crippen LogP contribution in [-0.2, 0) is 4.79 Å². The Morgan fingerprint density at radius 2 is 1.68 bits per heavy atom. The quantitative estimate of drug-likeness (QED) is 0.618. The molecule has 5 nitrogen and oxygen atoms in total. The highest BCUT2D eigenvalue weighted by Crippen LogP contribution is 2.26. The molecule has 1 atom stereocenters. The van der Waals surface area contributed by atoms with Crippen molar-refractivity contribution in [1.29, 1.82) is 0 Å². The number of hydrogen-bond donors (Lipinski definition) is 2. The monoisotopic (exact) mass is 422 g/mol. The van der Waals surface area contributed by atoms with Gasteiger partial charge in [0, 0.05) is 18.1 Å². The molecule has 2 amide bonds. The van der Waals surface area contributed by atoms with Gasteiger partial charge in [0.15, 0.2) is 6.10 Å². The third-order valence-electron chi connectivity index (χ3n) is 4.10. The summed E-state index contributed by atoms with van der Waals surface area (Å²) in [6, 6.07) is 12.3. The van der Waals surface area contributed by atoms with Gasteiger partial charge in [-0.25, -0.2) is 0 Å². The Labute approximate surface area is 175 Å². The predicted octanol–water partition coefficient (Wildman–Crippen LogP) is 4.43. The summed E-state index contributed by atoms with van der Waals surface area (Å²) in [5, 5.41) is 6.19. The van der Waals surface area contributed by atoms with E-state index in [2.05, 4.69) is 24.5 Å². The molecule has 2 N–H and O–H groups in total. The summed E-state index contributed by atoms with van der Waals surface area (Å²) >= 11 is 11.9. The first-order chi connectivity index (χ1) is 13.3. The standard InChI is InChI=1S/C21H24Cl2N2O3/c1-13(2)16-6-4-5-7-19(16)28-14(3)20(26)24-10-11-25-21(27)17-12-15(22)8-9-18(17)23/h4-9,12-14H,10-11H2,1-3H3,(H,24,26)(H,25,27). The topological polar surface area (TPSA) is 67.4 Å². The largest absolute Gasteiger partial charge is 0.481 e. The molecule has 2 rings (SSSR count). The fraction of sp³-hybridized carbons (Fsp3) is 0.333. The summed E-state index contributed by atoms with van der Waals surface area (Å²) in [6.45, 7) is 6.35. The minimum absolute atomic E-state index is 0.253. The van der Waals surface area contributed by atoms with Gasteiger partial charge in [-0.2, -0.15) is 0 Å². The van der Waals surface area contributed by atoms with Gasteiger partial charge in [-0.3, -0.25) is 9.59 Å². The molecule has 150 valence electrons. The minimum atomic E-state index is -0.655. The van der Waals surface area contributed by atoms with Crippen LogP contribution in [-0.4, -0.2) is 31.0 Å². The van der Waals surface area contributed by atoms with Gasteiger partial charge in [0.25, 0.3) is 11.8 Å². The molecule has 2 aromatic rings. The third kappa shape index (κ3) is 6.14. The second-order valence-corrected chi connectivity index (χ2v) is 7.47. The normalized spacial score (nSPS) is 11.8. The summed E-state index contributed by atoms with van der Waals surface area (Å²) in [7, 11) is 0. The fourth-order valence-corrected chi connectivity index (χ4v) is 2.96. The lowest BCUT2D eigenvalue weighted by Gasteiger charge is -2.18. The average molecular weight is 423 g/mol. The van der Waals surface area contributed by atoms with Crippen molar-refractivity contribution in [3.05, 3.63) is 63.6 Å². The Hall–Kier alpha value is -2.24. The lowest BCUT2D eigenvalue weighted by atomic mass is 10.0. The second-order valence-electron chi connectivity index (χ2n) is 6.62. The molecule has 1 unspecified atom stereocenters. The molecule has 0 spiro atoms. The SMILES string of the molecule is CC(Oc1ccccc1C(C)C)C(=O)NCCNC(=O)c1cc(Cl)ccc1Cl. The number of benzene rings is 2. The van der Waals surface area contributed by atoms with Gasteiger partial charge in [0.05, 0.1) is 10.6 Å². The van der Waals surface area contributed by atoms with Crippen molar-refractivity contribution in [1.82, 2.24) is 10.6 Å². The van der Waals surface area contributed by atoms with Gasteiger partial charge in [-0.1, -0.05) is 55.2 Å². The first kappa shape index (κ1) is 22.1. The molecule has 0 aromatic heterocycles. The molecular formula is C21H24Cl2N2O3. The number of hydrogen-bond acceptors (Lipinski definition) is 3. The van der Waals surface area contributed by atoms with Crippen LogP contribution < -0.4 is 15.4 Å². The van der Waals surface area contributed by atoms with E-state index in [1.54, 1.807) is 19.1 Å². The number of halogens is 2. The Bertz CT molecular complexity index is 840. The minimum Gasteiger partial charge on any atom is -0.481 e. The van der Waals surface area contributed by atoms with Crippen LogP contribution in [0, 0.1) is 0 Å². The predicted molar refractivity (Wildman–Crippen MR) is 112 cm³/mol. The summed E-state index contributed by atoms with van der Waals surface area (Å²) in [6.07, 6.45) is -0.655. The van der Waals surface area contributed by atoms with Crippen molar-refractivity contribution in [2.45, 2.75) is 32.8 Å². The van der Waals surface area contributed by atoms with Crippen LogP contribution in [0.2, 0.25) is 10.0 Å². The molecule has 0 bridgehead atoms. The highest BCUT2D eigenvalue weighted by Gasteiger charge is 2.17. The molecule has 0 aliphatic rings. The van der Waals surface area contributed by atoms with Crippen LogP contribution in [0.25, 0.3) is 0 Å². The summed E-state index contributed by atoms with van der Waals surface area (Å²) in [5.41, 5.74) is 1.34. The summed E-state index contributed by atoms with van der Waals surface area (Å²) in [5.74, 6) is 0.384. The van der Waals surface area contributed by atoms with E-state index in [0.717, 1.165) is 5.56 Å². The van der Waals surface area contributed by atoms with E-state index >= 15 is 0 Å². The lowest BCUT2D eigenvalue weighted by molar-refractivity contribution is -0.127. The molecule has 0 saturated carbocycles. The van der Waals surface area contributed by atoms with Gasteiger partial charge in [-0.05, 0) is 42.7 Å². The first-order valence-electron chi connectivity index (χ1n) is 9.06. The molecule has 28 heavy (non-hydrogen) atoms. The van der Waals surface area contributed by atoms with Gasteiger partial charge < -0.3 is 15.4 Å². The van der Waals surface area contributed by atoms with Crippen molar-refractivity contribution in [2.75, 3.05) is 13.1 Å². The van der Waals surface area contributed by atoms with E-state index in [0.29, 0.717) is 27.3 Å². The highest BCUT2D eigenvalue weighted by atomic mass is 35.5. The summed E-state index contributed by atoms with van der Waals surface area (Å²) in [4.78, 5) is 24.4. The van der Waals surface area contributed by atoms with E-state index in [4.69, 9.17) is 27.9 Å². The van der Waals surface area contributed by atoms with Crippen molar-refractivity contribution in [3.8, 4) is 5.75 Å². The number of amides is 2. The molecular weight excluding hydrogens is 399 g/mol. The zero-order valence-electron chi connectivity index (χ0n) is 16.1. The van der Waals surface area contributed by atoms with Crippen LogP contribution in [0.3, 0.4) is 0 Å². The maximum atomic E-state index is 12.3. The van der Waals surface area contributed by atoms with Crippen LogP contribution >= 0.6 is 23.2 Å². The smallest absolute Gasteiger partial charge is 0.260 e. The number of rotatable bonds is 8. The Morgan fingerprint density at radius 3 is 2.39 bits per heavy atom. The molecule has 0 radical (unpaired) electrons. The number of carbonyl (C=O) groups excluding carboxylic acids is 2. The number of ether oxygens (including phenoxy) is 1. The third-order valence-corrected chi connectivity index (χ3v) is 4.66. The molecule has 0 aliphatic carbocycles. The van der Waals surface area contributed by atoms with Gasteiger partial charge in [0.1, 0.15) is 5.75 Å². The van der Waals surface area contributed by atoms with E-state index < -0.39 is 6.10 Å². The van der Waals surface area contributed by atoms with Gasteiger partial charge in [-0.15, -0.1) is 0 Å². The van der Waals surface area contributed by atoms with Gasteiger partial charge >= 0.3 is 0 Å². The second kappa shape index (κ2) is 10.3. The maximum absolute atomic E-state index is 12.3. The molecule has 0 saturated heterocycles. The zero-order chi connectivity index (χ0) is 20.7. The van der Waals surface area contributed by atoms with Crippen molar-refractivity contribution >= 4 is 35.0 Å². The average Bonchev–Trinajstić information content (AvgIpc) is 2.66. The van der Waals surface area contributed by atoms with Crippen LogP contribution in [0.15, 0.2) is 42.5 Å². The number of para-hydroxylation sites is 1. The molecule has 0 aliphatic heterocycles. The summed E-state index contributed by atoms with van der Waals surface area (Å²) < 4.78 is 5.81. The van der Waals surface area contributed by atoms with Crippen LogP contribution in [0.5, 0.6) is 5.75 Å². The Morgan fingerprint density at radius 1 is 1.00 bits per heavy atom. The zero-order valence-corrected chi connectivity index (χ0v) is 17.6. The first-order valence-corrected chi connectivity index (χ1v) is 9.81. The Kier molecular flexibility index (Phi) is 8.15. The molecule has 0 heterocycles. The molecule has 0 fully saturated rings. The van der Waals surface area contributed by atoms with Crippen LogP contribution in [0.4, 0.5) is 0 Å². The van der Waals surface area contributed by atoms with Crippen molar-refractivity contribution in [3.63, 3.8) is 0 Å². The van der Waals surface area contributed by atoms with E-state index in [9.17, 15) is 9.59 Å². The van der Waals surface area contributed by atoms with E-state index in [-0.39, 0.29) is 24.9 Å². The highest BCUT2D eigenvalue weighted by molar-refractivity contribution is 6.35. The van der Waals surface area contributed by atoms with Crippen molar-refractivity contribution < 1.29 is 14.3 Å². The fourth-order valence-electron chi connectivity index (χ4n) is 2.58. The number of nitrogens with one attached hydrogen (secondary N) is 2. The molecule has 7 heteroatoms. The maximum Gasteiger partial charge on any atom is 0.260 e. The van der Waals surface area contributed by atoms with Gasteiger partial charge in [0.2, 0.25) is 0 Å². The van der Waals surface area contributed by atoms with Crippen molar-refractivity contribution in [2.24, 2.45) is 0 Å². The van der Waals surface area contributed by atoms with Crippen LogP contribution in [0.1, 0.15) is 42.6 Å².